The fourth-order valence-corrected chi connectivity index (χ4v) is 3.59. The number of carbonyl (C=O) groups excluding carboxylic acids is 2. The summed E-state index contributed by atoms with van der Waals surface area (Å²) < 4.78 is 26.1. The second-order valence-electron chi connectivity index (χ2n) is 5.52. The van der Waals surface area contributed by atoms with Crippen LogP contribution in [0.2, 0.25) is 0 Å². The molecule has 22 heavy (non-hydrogen) atoms. The van der Waals surface area contributed by atoms with Crippen LogP contribution in [0.25, 0.3) is 0 Å². The van der Waals surface area contributed by atoms with E-state index in [0.717, 1.165) is 5.56 Å². The molecule has 2 amide bonds. The second-order valence-corrected chi connectivity index (χ2v) is 7.24. The molecule has 1 saturated heterocycles. The third-order valence-corrected chi connectivity index (χ3v) is 4.65. The first-order valence-corrected chi connectivity index (χ1v) is 8.48. The zero-order chi connectivity index (χ0) is 16.3. The summed E-state index contributed by atoms with van der Waals surface area (Å²) in [6, 6.07) is 6.72. The van der Waals surface area contributed by atoms with Gasteiger partial charge in [0.1, 0.15) is 0 Å². The Labute approximate surface area is 129 Å². The lowest BCUT2D eigenvalue weighted by Crippen LogP contribution is -2.37. The standard InChI is InChI=1S/C15H18N2O4S/c1-10(2)9-22(20,21)17-13-5-3-11(4-6-13)12-7-14(18)16-15(19)8-12/h3-6,12,17H,1,7-9H2,2H3,(H,16,18,19). The van der Waals surface area contributed by atoms with Crippen LogP contribution in [-0.2, 0) is 19.6 Å². The Bertz CT molecular complexity index is 692. The Morgan fingerprint density at radius 3 is 2.27 bits per heavy atom. The lowest BCUT2D eigenvalue weighted by Gasteiger charge is -2.21. The molecule has 0 aliphatic carbocycles. The van der Waals surface area contributed by atoms with Crippen LogP contribution < -0.4 is 10.0 Å². The average molecular weight is 322 g/mol. The molecule has 6 nitrogen and oxygen atoms in total. The zero-order valence-electron chi connectivity index (χ0n) is 12.3. The van der Waals surface area contributed by atoms with Crippen LogP contribution in [0, 0.1) is 0 Å². The quantitative estimate of drug-likeness (QED) is 0.635. The molecule has 1 aliphatic rings. The van der Waals surface area contributed by atoms with Gasteiger partial charge in [-0.15, -0.1) is 0 Å². The van der Waals surface area contributed by atoms with Crippen molar-refractivity contribution in [3.05, 3.63) is 42.0 Å². The summed E-state index contributed by atoms with van der Waals surface area (Å²) in [5, 5.41) is 2.26. The molecule has 1 fully saturated rings. The Balaban J connectivity index is 2.09. The Kier molecular flexibility index (Phi) is 4.65. The first-order chi connectivity index (χ1) is 10.2. The molecule has 0 spiro atoms. The normalized spacial score (nSPS) is 16.2. The summed E-state index contributed by atoms with van der Waals surface area (Å²) in [5.41, 5.74) is 1.83. The third-order valence-electron chi connectivity index (χ3n) is 3.23. The maximum Gasteiger partial charge on any atom is 0.236 e. The lowest BCUT2D eigenvalue weighted by molar-refractivity contribution is -0.133. The summed E-state index contributed by atoms with van der Waals surface area (Å²) >= 11 is 0. The van der Waals surface area contributed by atoms with Crippen LogP contribution in [0.5, 0.6) is 0 Å². The van der Waals surface area contributed by atoms with E-state index in [9.17, 15) is 18.0 Å². The molecule has 0 atom stereocenters. The number of carbonyl (C=O) groups is 2. The van der Waals surface area contributed by atoms with E-state index in [2.05, 4.69) is 16.6 Å². The predicted octanol–water partition coefficient (Wildman–Crippen LogP) is 1.52. The second kappa shape index (κ2) is 6.31. The number of rotatable bonds is 5. The van der Waals surface area contributed by atoms with Crippen molar-refractivity contribution < 1.29 is 18.0 Å². The lowest BCUT2D eigenvalue weighted by atomic mass is 9.89. The SMILES string of the molecule is C=C(C)CS(=O)(=O)Nc1ccc(C2CC(=O)NC(=O)C2)cc1. The van der Waals surface area contributed by atoms with Crippen LogP contribution in [0.3, 0.4) is 0 Å². The van der Waals surface area contributed by atoms with E-state index >= 15 is 0 Å². The van der Waals surface area contributed by atoms with E-state index in [1.54, 1.807) is 31.2 Å². The summed E-state index contributed by atoms with van der Waals surface area (Å²) in [6.45, 7) is 5.23. The summed E-state index contributed by atoms with van der Waals surface area (Å²) in [5.74, 6) is -0.867. The monoisotopic (exact) mass is 322 g/mol. The van der Waals surface area contributed by atoms with Crippen molar-refractivity contribution in [3.8, 4) is 0 Å². The van der Waals surface area contributed by atoms with Crippen molar-refractivity contribution in [1.29, 1.82) is 0 Å². The predicted molar refractivity (Wildman–Crippen MR) is 83.8 cm³/mol. The largest absolute Gasteiger partial charge is 0.296 e. The molecule has 1 heterocycles. The van der Waals surface area contributed by atoms with Gasteiger partial charge in [0, 0.05) is 24.4 Å². The van der Waals surface area contributed by atoms with Gasteiger partial charge in [0.05, 0.1) is 5.75 Å². The van der Waals surface area contributed by atoms with Crippen LogP contribution >= 0.6 is 0 Å². The van der Waals surface area contributed by atoms with E-state index in [0.29, 0.717) is 11.3 Å². The van der Waals surface area contributed by atoms with Gasteiger partial charge < -0.3 is 0 Å². The van der Waals surface area contributed by atoms with Crippen molar-refractivity contribution >= 4 is 27.5 Å². The van der Waals surface area contributed by atoms with Crippen molar-refractivity contribution in [2.45, 2.75) is 25.7 Å². The summed E-state index contributed by atoms with van der Waals surface area (Å²) in [6.07, 6.45) is 0.513. The highest BCUT2D eigenvalue weighted by Gasteiger charge is 2.26. The van der Waals surface area contributed by atoms with E-state index in [4.69, 9.17) is 0 Å². The molecule has 118 valence electrons. The summed E-state index contributed by atoms with van der Waals surface area (Å²) in [4.78, 5) is 22.8. The highest BCUT2D eigenvalue weighted by Crippen LogP contribution is 2.27. The molecule has 0 aromatic heterocycles. The van der Waals surface area contributed by atoms with Gasteiger partial charge in [-0.3, -0.25) is 19.6 Å². The third kappa shape index (κ3) is 4.42. The molecule has 2 N–H and O–H groups in total. The number of amides is 2. The minimum atomic E-state index is -3.46. The van der Waals surface area contributed by atoms with Gasteiger partial charge in [-0.2, -0.15) is 0 Å². The number of nitrogens with one attached hydrogen (secondary N) is 2. The molecular formula is C15H18N2O4S. The maximum atomic E-state index is 11.8. The van der Waals surface area contributed by atoms with E-state index in [-0.39, 0.29) is 36.3 Å². The smallest absolute Gasteiger partial charge is 0.236 e. The average Bonchev–Trinajstić information content (AvgIpc) is 2.36. The van der Waals surface area contributed by atoms with Crippen LogP contribution in [0.1, 0.15) is 31.2 Å². The zero-order valence-corrected chi connectivity index (χ0v) is 13.1. The molecular weight excluding hydrogens is 304 g/mol. The molecule has 0 radical (unpaired) electrons. The van der Waals surface area contributed by atoms with Gasteiger partial charge in [-0.05, 0) is 24.6 Å². The number of benzene rings is 1. The van der Waals surface area contributed by atoms with E-state index in [1.807, 2.05) is 0 Å². The van der Waals surface area contributed by atoms with Crippen LogP contribution in [-0.4, -0.2) is 26.0 Å². The first-order valence-electron chi connectivity index (χ1n) is 6.83. The maximum absolute atomic E-state index is 11.8. The number of piperidine rings is 1. The van der Waals surface area contributed by atoms with E-state index < -0.39 is 10.0 Å². The van der Waals surface area contributed by atoms with Gasteiger partial charge in [0.2, 0.25) is 21.8 Å². The van der Waals surface area contributed by atoms with Gasteiger partial charge in [-0.25, -0.2) is 8.42 Å². The molecule has 7 heteroatoms. The summed E-state index contributed by atoms with van der Waals surface area (Å²) in [7, 11) is -3.46. The molecule has 0 saturated carbocycles. The van der Waals surface area contributed by atoms with E-state index in [1.165, 1.54) is 0 Å². The van der Waals surface area contributed by atoms with Crippen LogP contribution in [0.15, 0.2) is 36.4 Å². The molecule has 2 rings (SSSR count). The minimum Gasteiger partial charge on any atom is -0.296 e. The first kappa shape index (κ1) is 16.2. The van der Waals surface area contributed by atoms with Gasteiger partial charge in [0.25, 0.3) is 0 Å². The van der Waals surface area contributed by atoms with Crippen molar-refractivity contribution in [1.82, 2.24) is 5.32 Å². The Hall–Kier alpha value is -2.15. The fraction of sp³-hybridized carbons (Fsp3) is 0.333. The van der Waals surface area contributed by atoms with Crippen molar-refractivity contribution in [2.75, 3.05) is 10.5 Å². The molecule has 0 unspecified atom stereocenters. The Morgan fingerprint density at radius 1 is 1.23 bits per heavy atom. The van der Waals surface area contributed by atoms with Gasteiger partial charge in [-0.1, -0.05) is 24.3 Å². The molecule has 1 aliphatic heterocycles. The Morgan fingerprint density at radius 2 is 1.77 bits per heavy atom. The topological polar surface area (TPSA) is 92.3 Å². The fourth-order valence-electron chi connectivity index (χ4n) is 2.38. The minimum absolute atomic E-state index is 0.133. The molecule has 1 aromatic carbocycles. The number of hydrogen-bond acceptors (Lipinski definition) is 4. The number of anilines is 1. The van der Waals surface area contributed by atoms with Crippen molar-refractivity contribution in [2.24, 2.45) is 0 Å². The van der Waals surface area contributed by atoms with Crippen molar-refractivity contribution in [3.63, 3.8) is 0 Å². The number of hydrogen-bond donors (Lipinski definition) is 2. The highest BCUT2D eigenvalue weighted by molar-refractivity contribution is 7.92. The number of imide groups is 1. The van der Waals surface area contributed by atoms with Crippen LogP contribution in [0.4, 0.5) is 5.69 Å². The molecule has 1 aromatic rings. The van der Waals surface area contributed by atoms with Gasteiger partial charge >= 0.3 is 0 Å². The number of sulfonamides is 1. The highest BCUT2D eigenvalue weighted by atomic mass is 32.2. The molecule has 0 bridgehead atoms. The van der Waals surface area contributed by atoms with Gasteiger partial charge in [0.15, 0.2) is 0 Å².